The van der Waals surface area contributed by atoms with E-state index in [0.29, 0.717) is 29.3 Å². The molecule has 0 saturated heterocycles. The first-order valence-corrected chi connectivity index (χ1v) is 25.5. The number of halogens is 6. The Kier molecular flexibility index (Phi) is 10.4. The molecule has 4 aliphatic carbocycles. The van der Waals surface area contributed by atoms with Crippen LogP contribution in [-0.4, -0.2) is 17.8 Å². The number of fused-ring (bicyclic) bond motifs is 3. The van der Waals surface area contributed by atoms with Gasteiger partial charge < -0.3 is 0 Å². The average Bonchev–Trinajstić information content (AvgIpc) is 4.07. The van der Waals surface area contributed by atoms with Crippen molar-refractivity contribution in [3.8, 4) is 39.0 Å². The molecule has 0 radical (unpaired) electrons. The highest BCUT2D eigenvalue weighted by Gasteiger charge is 2.80. The first-order valence-electron chi connectivity index (χ1n) is 20.5. The third-order valence-electron chi connectivity index (χ3n) is 12.3. The molecule has 0 nitrogen and oxygen atoms in total. The van der Waals surface area contributed by atoms with Gasteiger partial charge in [0.15, 0.2) is 0 Å². The van der Waals surface area contributed by atoms with Gasteiger partial charge in [-0.1, -0.05) is 19.8 Å². The Bertz CT molecular complexity index is 2470. The smallest absolute Gasteiger partial charge is 0.194 e. The maximum absolute atomic E-state index is 17.0. The molecule has 6 heterocycles. The van der Waals surface area contributed by atoms with E-state index in [2.05, 4.69) is 18.4 Å². The molecular weight excluding hydrogens is 859 g/mol. The number of rotatable bonds is 10. The lowest BCUT2D eigenvalue weighted by Gasteiger charge is -2.25. The highest BCUT2D eigenvalue weighted by atomic mass is 32.1. The number of alkyl halides is 6. The van der Waals surface area contributed by atoms with Gasteiger partial charge in [0.1, 0.15) is 0 Å². The van der Waals surface area contributed by atoms with Crippen LogP contribution in [0.2, 0.25) is 0 Å². The van der Waals surface area contributed by atoms with Crippen molar-refractivity contribution in [2.45, 2.75) is 127 Å². The maximum Gasteiger partial charge on any atom is 0.380 e. The quantitative estimate of drug-likeness (QED) is 0.0949. The summed E-state index contributed by atoms with van der Waals surface area (Å²) < 4.78 is 100. The van der Waals surface area contributed by atoms with E-state index in [9.17, 15) is 0 Å². The number of unbranched alkanes of at least 4 members (excludes halogenated alkanes) is 2. The van der Waals surface area contributed by atoms with Gasteiger partial charge in [-0.2, -0.15) is 26.3 Å². The van der Waals surface area contributed by atoms with Crippen LogP contribution in [0.5, 0.6) is 0 Å². The minimum absolute atomic E-state index is 0.194. The second kappa shape index (κ2) is 15.2. The second-order valence-electron chi connectivity index (χ2n) is 16.3. The van der Waals surface area contributed by atoms with Crippen molar-refractivity contribution in [3.05, 3.63) is 89.8 Å². The van der Waals surface area contributed by atoms with Crippen LogP contribution in [0.25, 0.3) is 50.2 Å². The molecule has 0 atom stereocenters. The SMILES string of the molecule is CCCCCc1csc(-c2cc(C3=C(c4cc(-c5cc6c(s5)CCCC6)sc4-c4cc5c(s4)CCCC5)C(F)(F)C(F)(F)C3(F)F)c(-c3cc4c(s3)CCCC4)s2)c1. The van der Waals surface area contributed by atoms with Crippen LogP contribution in [0.4, 0.5) is 26.3 Å². The van der Waals surface area contributed by atoms with Crippen molar-refractivity contribution >= 4 is 79.2 Å². The molecule has 0 aromatic carbocycles. The molecule has 304 valence electrons. The minimum atomic E-state index is -5.65. The van der Waals surface area contributed by atoms with Crippen LogP contribution in [0.15, 0.2) is 41.8 Å². The van der Waals surface area contributed by atoms with Crippen LogP contribution in [-0.2, 0) is 44.9 Å². The molecule has 0 bridgehead atoms. The molecule has 58 heavy (non-hydrogen) atoms. The van der Waals surface area contributed by atoms with Crippen LogP contribution in [0.1, 0.15) is 113 Å². The van der Waals surface area contributed by atoms with Gasteiger partial charge in [0.05, 0.1) is 9.75 Å². The van der Waals surface area contributed by atoms with E-state index in [0.717, 1.165) is 139 Å². The van der Waals surface area contributed by atoms with Gasteiger partial charge in [0.25, 0.3) is 0 Å². The minimum Gasteiger partial charge on any atom is -0.194 e. The van der Waals surface area contributed by atoms with E-state index in [-0.39, 0.29) is 11.1 Å². The topological polar surface area (TPSA) is 0 Å². The predicted octanol–water partition coefficient (Wildman–Crippen LogP) is 16.9. The molecule has 0 spiro atoms. The standard InChI is InChI=1S/C46H42F6S6/c1-2-3-4-11-25-18-34(53-24-25)36-22-29(42(57-36)38-20-27-13-6-9-16-32(27)55-38)40-41(45(49,50)46(51,52)44(40,47)48)30-23-37(35-19-26-12-5-8-15-31(26)54-35)58-43(30)39-21-28-14-7-10-17-33(28)56-39/h18-24H,2-17H2,1H3. The molecule has 0 unspecified atom stereocenters. The Morgan fingerprint density at radius 2 is 0.914 bits per heavy atom. The van der Waals surface area contributed by atoms with Gasteiger partial charge in [-0.15, -0.1) is 68.0 Å². The van der Waals surface area contributed by atoms with Gasteiger partial charge in [-0.3, -0.25) is 0 Å². The molecule has 4 aliphatic rings. The molecule has 10 rings (SSSR count). The van der Waals surface area contributed by atoms with E-state index in [1.54, 1.807) is 11.3 Å². The summed E-state index contributed by atoms with van der Waals surface area (Å²) in [7, 11) is 0. The van der Waals surface area contributed by atoms with E-state index < -0.39 is 28.9 Å². The Labute approximate surface area is 359 Å². The highest BCUT2D eigenvalue weighted by molar-refractivity contribution is 7.27. The monoisotopic (exact) mass is 900 g/mol. The summed E-state index contributed by atoms with van der Waals surface area (Å²) in [6, 6.07) is 11.2. The summed E-state index contributed by atoms with van der Waals surface area (Å²) >= 11 is 8.63. The zero-order chi connectivity index (χ0) is 40.0. The lowest BCUT2D eigenvalue weighted by Crippen LogP contribution is -2.48. The van der Waals surface area contributed by atoms with Crippen LogP contribution in [0, 0.1) is 0 Å². The molecule has 6 aromatic rings. The molecule has 0 amide bonds. The summed E-state index contributed by atoms with van der Waals surface area (Å²) in [4.78, 5) is 8.67. The Hall–Kier alpha value is -2.48. The fourth-order valence-electron chi connectivity index (χ4n) is 9.23. The zero-order valence-corrected chi connectivity index (χ0v) is 37.0. The maximum atomic E-state index is 17.0. The number of hydrogen-bond donors (Lipinski definition) is 0. The first-order chi connectivity index (χ1) is 27.9. The number of hydrogen-bond acceptors (Lipinski definition) is 6. The second-order valence-corrected chi connectivity index (χ2v) is 22.7. The number of allylic oxidation sites excluding steroid dienone is 2. The molecule has 12 heteroatoms. The van der Waals surface area contributed by atoms with Gasteiger partial charge >= 0.3 is 17.8 Å². The van der Waals surface area contributed by atoms with Crippen molar-refractivity contribution in [1.29, 1.82) is 0 Å². The summed E-state index contributed by atoms with van der Waals surface area (Å²) in [5.41, 5.74) is 1.77. The molecule has 0 aliphatic heterocycles. The van der Waals surface area contributed by atoms with E-state index in [1.165, 1.54) is 79.3 Å². The average molecular weight is 901 g/mol. The Morgan fingerprint density at radius 1 is 0.483 bits per heavy atom. The summed E-state index contributed by atoms with van der Waals surface area (Å²) in [6.45, 7) is 2.15. The molecule has 6 aromatic heterocycles. The lowest BCUT2D eigenvalue weighted by atomic mass is 9.93. The number of thiophene rings is 6. The molecular formula is C46H42F6S6. The van der Waals surface area contributed by atoms with Crippen molar-refractivity contribution < 1.29 is 26.3 Å². The summed E-state index contributed by atoms with van der Waals surface area (Å²) in [5.74, 6) is -15.9. The first kappa shape index (κ1) is 39.6. The summed E-state index contributed by atoms with van der Waals surface area (Å²) in [6.07, 6.45) is 15.6. The van der Waals surface area contributed by atoms with Crippen molar-refractivity contribution in [2.75, 3.05) is 0 Å². The van der Waals surface area contributed by atoms with Crippen LogP contribution >= 0.6 is 68.0 Å². The van der Waals surface area contributed by atoms with Crippen LogP contribution in [0.3, 0.4) is 0 Å². The van der Waals surface area contributed by atoms with E-state index in [1.807, 2.05) is 18.2 Å². The summed E-state index contributed by atoms with van der Waals surface area (Å²) in [5, 5.41) is 2.06. The van der Waals surface area contributed by atoms with Crippen molar-refractivity contribution in [2.24, 2.45) is 0 Å². The third-order valence-corrected chi connectivity index (χ3v) is 20.0. The van der Waals surface area contributed by atoms with E-state index >= 15 is 26.3 Å². The third kappa shape index (κ3) is 6.52. The molecule has 0 saturated carbocycles. The van der Waals surface area contributed by atoms with Crippen LogP contribution < -0.4 is 0 Å². The largest absolute Gasteiger partial charge is 0.380 e. The zero-order valence-electron chi connectivity index (χ0n) is 32.1. The predicted molar refractivity (Wildman–Crippen MR) is 237 cm³/mol. The number of aryl methyl sites for hydroxylation is 7. The van der Waals surface area contributed by atoms with E-state index in [4.69, 9.17) is 0 Å². The normalized spacial score (nSPS) is 19.4. The molecule has 0 N–H and O–H groups in total. The van der Waals surface area contributed by atoms with Crippen molar-refractivity contribution in [3.63, 3.8) is 0 Å². The lowest BCUT2D eigenvalue weighted by molar-refractivity contribution is -0.254. The Morgan fingerprint density at radius 3 is 1.40 bits per heavy atom. The fourth-order valence-corrected chi connectivity index (χ4v) is 16.7. The highest BCUT2D eigenvalue weighted by Crippen LogP contribution is 2.68. The van der Waals surface area contributed by atoms with Gasteiger partial charge in [-0.25, -0.2) is 0 Å². The van der Waals surface area contributed by atoms with Crippen molar-refractivity contribution in [1.82, 2.24) is 0 Å². The fraction of sp³-hybridized carbons (Fsp3) is 0.435. The van der Waals surface area contributed by atoms with Gasteiger partial charge in [0, 0.05) is 66.2 Å². The molecule has 0 fully saturated rings. The van der Waals surface area contributed by atoms with Gasteiger partial charge in [0.2, 0.25) is 0 Å². The van der Waals surface area contributed by atoms with Gasteiger partial charge in [-0.05, 0) is 154 Å². The Balaban J connectivity index is 1.22.